The number of amides is 1. The van der Waals surface area contributed by atoms with Crippen LogP contribution in [0, 0.1) is 0 Å². The molecule has 0 aliphatic heterocycles. The van der Waals surface area contributed by atoms with Crippen molar-refractivity contribution < 1.29 is 9.90 Å². The summed E-state index contributed by atoms with van der Waals surface area (Å²) in [7, 11) is 0. The Morgan fingerprint density at radius 2 is 1.91 bits per heavy atom. The van der Waals surface area contributed by atoms with E-state index in [-0.39, 0.29) is 11.7 Å². The number of phenols is 1. The zero-order valence-corrected chi connectivity index (χ0v) is 13.2. The number of aromatic nitrogens is 1. The summed E-state index contributed by atoms with van der Waals surface area (Å²) in [6, 6.07) is 14.0. The van der Waals surface area contributed by atoms with Crippen LogP contribution >= 0.6 is 11.6 Å². The average Bonchev–Trinajstić information content (AvgIpc) is 2.54. The number of carbonyl (C=O) groups excluding carboxylic acids is 1. The smallest absolute Gasteiger partial charge is 0.217 e. The summed E-state index contributed by atoms with van der Waals surface area (Å²) in [5.41, 5.74) is 1.77. The van der Waals surface area contributed by atoms with Gasteiger partial charge in [-0.3, -0.25) is 9.78 Å². The molecule has 0 aliphatic rings. The number of hydrogen-bond acceptors (Lipinski definition) is 3. The van der Waals surface area contributed by atoms with Crippen LogP contribution in [0.15, 0.2) is 54.7 Å². The summed E-state index contributed by atoms with van der Waals surface area (Å²) in [4.78, 5) is 15.9. The van der Waals surface area contributed by atoms with Crippen molar-refractivity contribution in [2.24, 2.45) is 0 Å². The van der Waals surface area contributed by atoms with Gasteiger partial charge in [0.15, 0.2) is 0 Å². The van der Waals surface area contributed by atoms with Gasteiger partial charge in [-0.15, -0.1) is 0 Å². The molecule has 2 aromatic carbocycles. The van der Waals surface area contributed by atoms with Crippen LogP contribution in [0.4, 0.5) is 0 Å². The van der Waals surface area contributed by atoms with Crippen molar-refractivity contribution in [1.82, 2.24) is 10.3 Å². The lowest BCUT2D eigenvalue weighted by Gasteiger charge is -2.21. The number of nitrogens with zero attached hydrogens (tertiary/aromatic N) is 1. The summed E-state index contributed by atoms with van der Waals surface area (Å²) < 4.78 is 0. The van der Waals surface area contributed by atoms with Crippen LogP contribution in [0.1, 0.15) is 24.1 Å². The first kappa shape index (κ1) is 15.3. The van der Waals surface area contributed by atoms with E-state index in [2.05, 4.69) is 10.3 Å². The highest BCUT2D eigenvalue weighted by atomic mass is 35.5. The Hall–Kier alpha value is -2.59. The van der Waals surface area contributed by atoms with Crippen LogP contribution < -0.4 is 5.32 Å². The molecule has 0 radical (unpaired) electrons. The molecule has 0 bridgehead atoms. The van der Waals surface area contributed by atoms with Crippen LogP contribution in [0.2, 0.25) is 5.02 Å². The van der Waals surface area contributed by atoms with Gasteiger partial charge < -0.3 is 10.4 Å². The van der Waals surface area contributed by atoms with Gasteiger partial charge in [0, 0.05) is 29.1 Å². The Morgan fingerprint density at radius 1 is 1.13 bits per heavy atom. The fourth-order valence-corrected chi connectivity index (χ4v) is 2.86. The van der Waals surface area contributed by atoms with Crippen molar-refractivity contribution in [1.29, 1.82) is 0 Å². The monoisotopic (exact) mass is 326 g/mol. The minimum atomic E-state index is -0.549. The van der Waals surface area contributed by atoms with E-state index in [0.717, 1.165) is 10.9 Å². The molecule has 0 saturated carbocycles. The van der Waals surface area contributed by atoms with Gasteiger partial charge in [-0.25, -0.2) is 0 Å². The van der Waals surface area contributed by atoms with Gasteiger partial charge in [-0.2, -0.15) is 0 Å². The normalized spacial score (nSPS) is 12.1. The maximum absolute atomic E-state index is 11.6. The number of carbonyl (C=O) groups is 1. The minimum absolute atomic E-state index is 0.0433. The van der Waals surface area contributed by atoms with Crippen LogP contribution in [-0.4, -0.2) is 16.0 Å². The summed E-state index contributed by atoms with van der Waals surface area (Å²) in [6.45, 7) is 1.43. The van der Waals surface area contributed by atoms with Crippen LogP contribution in [0.25, 0.3) is 10.9 Å². The largest absolute Gasteiger partial charge is 0.505 e. The van der Waals surface area contributed by atoms with Gasteiger partial charge in [-0.05, 0) is 17.7 Å². The topological polar surface area (TPSA) is 62.2 Å². The number of pyridine rings is 1. The number of nitrogens with one attached hydrogen (secondary N) is 1. The first-order chi connectivity index (χ1) is 11.1. The van der Waals surface area contributed by atoms with Crippen molar-refractivity contribution in [3.05, 3.63) is 70.9 Å². The Kier molecular flexibility index (Phi) is 4.17. The third-order valence-corrected chi connectivity index (χ3v) is 4.00. The third-order valence-electron chi connectivity index (χ3n) is 3.65. The summed E-state index contributed by atoms with van der Waals surface area (Å²) >= 11 is 6.27. The van der Waals surface area contributed by atoms with Crippen LogP contribution in [0.5, 0.6) is 5.75 Å². The van der Waals surface area contributed by atoms with Gasteiger partial charge in [0.25, 0.3) is 0 Å². The molecular formula is C18H15ClN2O2. The quantitative estimate of drug-likeness (QED) is 0.769. The Morgan fingerprint density at radius 3 is 2.65 bits per heavy atom. The highest BCUT2D eigenvalue weighted by molar-refractivity contribution is 6.31. The molecule has 4 nitrogen and oxygen atoms in total. The van der Waals surface area contributed by atoms with Gasteiger partial charge in [0.2, 0.25) is 5.91 Å². The van der Waals surface area contributed by atoms with Gasteiger partial charge >= 0.3 is 0 Å². The fourth-order valence-electron chi connectivity index (χ4n) is 2.61. The third kappa shape index (κ3) is 2.98. The van der Waals surface area contributed by atoms with E-state index < -0.39 is 6.04 Å². The number of fused-ring (bicyclic) bond motifs is 1. The first-order valence-corrected chi connectivity index (χ1v) is 7.54. The highest BCUT2D eigenvalue weighted by Crippen LogP contribution is 2.36. The molecule has 23 heavy (non-hydrogen) atoms. The zero-order valence-electron chi connectivity index (χ0n) is 12.5. The standard InChI is InChI=1S/C18H15ClN2O2/c1-11(22)21-17(13-6-2-3-7-15(13)19)14-9-8-12-5-4-10-20-16(12)18(14)23/h2-10,17,23H,1H3,(H,21,22)/t17-/m1/s1. The van der Waals surface area contributed by atoms with E-state index in [1.54, 1.807) is 24.4 Å². The van der Waals surface area contributed by atoms with Crippen molar-refractivity contribution in [2.45, 2.75) is 13.0 Å². The maximum atomic E-state index is 11.6. The molecule has 3 aromatic rings. The van der Waals surface area contributed by atoms with Gasteiger partial charge in [0.1, 0.15) is 11.3 Å². The molecule has 2 N–H and O–H groups in total. The maximum Gasteiger partial charge on any atom is 0.217 e. The molecule has 1 aromatic heterocycles. The Balaban J connectivity index is 2.19. The number of aromatic hydroxyl groups is 1. The molecule has 5 heteroatoms. The molecule has 0 fully saturated rings. The lowest BCUT2D eigenvalue weighted by Crippen LogP contribution is -2.27. The van der Waals surface area contributed by atoms with Crippen LogP contribution in [0.3, 0.4) is 0 Å². The summed E-state index contributed by atoms with van der Waals surface area (Å²) in [6.07, 6.45) is 1.62. The van der Waals surface area contributed by atoms with E-state index in [1.165, 1.54) is 6.92 Å². The first-order valence-electron chi connectivity index (χ1n) is 7.16. The molecule has 116 valence electrons. The number of benzene rings is 2. The van der Waals surface area contributed by atoms with Crippen LogP contribution in [-0.2, 0) is 4.79 Å². The van der Waals surface area contributed by atoms with E-state index in [4.69, 9.17) is 11.6 Å². The van der Waals surface area contributed by atoms with Crippen molar-refractivity contribution >= 4 is 28.4 Å². The van der Waals surface area contributed by atoms with Gasteiger partial charge in [0.05, 0.1) is 6.04 Å². The van der Waals surface area contributed by atoms with Crippen molar-refractivity contribution in [2.75, 3.05) is 0 Å². The van der Waals surface area contributed by atoms with Crippen molar-refractivity contribution in [3.8, 4) is 5.75 Å². The number of hydrogen-bond donors (Lipinski definition) is 2. The second-order valence-corrected chi connectivity index (χ2v) is 5.64. The molecule has 0 aliphatic carbocycles. The van der Waals surface area contributed by atoms with E-state index in [0.29, 0.717) is 16.1 Å². The second-order valence-electron chi connectivity index (χ2n) is 5.23. The van der Waals surface area contributed by atoms with E-state index >= 15 is 0 Å². The Bertz CT molecular complexity index is 880. The number of phenolic OH excluding ortho intramolecular Hbond substituents is 1. The molecular weight excluding hydrogens is 312 g/mol. The second kappa shape index (κ2) is 6.26. The summed E-state index contributed by atoms with van der Waals surface area (Å²) in [5.74, 6) is -0.169. The van der Waals surface area contributed by atoms with E-state index in [1.807, 2.05) is 30.3 Å². The van der Waals surface area contributed by atoms with Gasteiger partial charge in [-0.1, -0.05) is 48.0 Å². The number of halogens is 1. The zero-order chi connectivity index (χ0) is 16.4. The predicted octanol–water partition coefficient (Wildman–Crippen LogP) is 3.82. The number of rotatable bonds is 3. The lowest BCUT2D eigenvalue weighted by atomic mass is 9.96. The predicted molar refractivity (Wildman–Crippen MR) is 90.5 cm³/mol. The fraction of sp³-hybridized carbons (Fsp3) is 0.111. The highest BCUT2D eigenvalue weighted by Gasteiger charge is 2.22. The molecule has 1 atom stereocenters. The molecule has 1 amide bonds. The molecule has 0 unspecified atom stereocenters. The van der Waals surface area contributed by atoms with E-state index in [9.17, 15) is 9.90 Å². The summed E-state index contributed by atoms with van der Waals surface area (Å²) in [5, 5.41) is 14.8. The molecule has 3 rings (SSSR count). The molecule has 0 saturated heterocycles. The lowest BCUT2D eigenvalue weighted by molar-refractivity contribution is -0.119. The Labute approximate surface area is 138 Å². The SMILES string of the molecule is CC(=O)N[C@H](c1ccccc1Cl)c1ccc2cccnc2c1O. The van der Waals surface area contributed by atoms with Crippen molar-refractivity contribution in [3.63, 3.8) is 0 Å². The molecule has 0 spiro atoms. The average molecular weight is 327 g/mol. The molecule has 1 heterocycles. The minimum Gasteiger partial charge on any atom is -0.505 e.